The largest absolute Gasteiger partial charge is 0.497 e. The molecule has 0 atom stereocenters. The Bertz CT molecular complexity index is 1280. The first-order chi connectivity index (χ1) is 22.3. The highest BCUT2D eigenvalue weighted by atomic mass is 16.5. The zero-order chi connectivity index (χ0) is 34.4. The number of methoxy groups -OCH3 is 3. The molecule has 0 saturated carbocycles. The minimum Gasteiger partial charge on any atom is -0.497 e. The number of carbonyl (C=O) groups excluding carboxylic acids is 4. The molecule has 0 N–H and O–H groups in total. The van der Waals surface area contributed by atoms with E-state index in [4.69, 9.17) is 33.2 Å². The third kappa shape index (κ3) is 19.9. The van der Waals surface area contributed by atoms with Crippen molar-refractivity contribution >= 4 is 24.8 Å². The van der Waals surface area contributed by atoms with Gasteiger partial charge in [-0.25, -0.2) is 4.79 Å². The number of carbonyl (C=O) groups is 4. The Morgan fingerprint density at radius 2 is 1.15 bits per heavy atom. The highest BCUT2D eigenvalue weighted by Gasteiger charge is 1.99. The van der Waals surface area contributed by atoms with E-state index in [1.54, 1.807) is 69.9 Å². The van der Waals surface area contributed by atoms with Crippen LogP contribution in [0.4, 0.5) is 0 Å². The fourth-order valence-electron chi connectivity index (χ4n) is 3.14. The Labute approximate surface area is 271 Å². The molecular formula is C36H44O10. The van der Waals surface area contributed by atoms with Gasteiger partial charge in [0.05, 0.1) is 34.0 Å². The van der Waals surface area contributed by atoms with Crippen LogP contribution < -0.4 is 18.9 Å². The van der Waals surface area contributed by atoms with E-state index >= 15 is 0 Å². The first kappa shape index (κ1) is 40.8. The summed E-state index contributed by atoms with van der Waals surface area (Å²) in [6.07, 6.45) is 6.02. The van der Waals surface area contributed by atoms with Crippen molar-refractivity contribution in [2.75, 3.05) is 47.8 Å². The number of aldehydes is 3. The van der Waals surface area contributed by atoms with Crippen molar-refractivity contribution in [3.05, 3.63) is 109 Å². The van der Waals surface area contributed by atoms with Crippen molar-refractivity contribution in [1.29, 1.82) is 0 Å². The highest BCUT2D eigenvalue weighted by Crippen LogP contribution is 2.22. The average molecular weight is 637 g/mol. The standard InChI is InChI=1S/C13H14O4.C11H14O3.C9H12O2.C3H4O/c1-2-13(15)17-9-3-8-16-12-6-4-11(10-14)5-7-12;1-13-7-2-8-14-11-5-3-10(9-12)4-6-11;1-7-6-8(10-2)4-5-9(7)11-3;1-2-3-4/h2,4-7,10H,1,3,8-9H2;3-6,9H,2,7-8H2,1H3;4-6H,1-3H3;2-3H,1H2. The molecule has 0 bridgehead atoms. The number of allylic oxidation sites excluding steroid dienone is 1. The van der Waals surface area contributed by atoms with Crippen molar-refractivity contribution in [2.24, 2.45) is 0 Å². The highest BCUT2D eigenvalue weighted by molar-refractivity contribution is 5.81. The zero-order valence-electron chi connectivity index (χ0n) is 27.0. The third-order valence-electron chi connectivity index (χ3n) is 5.46. The van der Waals surface area contributed by atoms with Crippen LogP contribution in [0.1, 0.15) is 39.1 Å². The van der Waals surface area contributed by atoms with Crippen LogP contribution >= 0.6 is 0 Å². The number of hydrogen-bond donors (Lipinski definition) is 0. The van der Waals surface area contributed by atoms with Gasteiger partial charge >= 0.3 is 5.97 Å². The van der Waals surface area contributed by atoms with Crippen LogP contribution in [-0.4, -0.2) is 72.6 Å². The lowest BCUT2D eigenvalue weighted by Gasteiger charge is -2.06. The number of benzene rings is 3. The van der Waals surface area contributed by atoms with E-state index in [1.807, 2.05) is 25.1 Å². The second-order valence-corrected chi connectivity index (χ2v) is 8.85. The van der Waals surface area contributed by atoms with Crippen molar-refractivity contribution in [3.8, 4) is 23.0 Å². The normalized spacial score (nSPS) is 9.13. The number of esters is 1. The summed E-state index contributed by atoms with van der Waals surface area (Å²) in [5.41, 5.74) is 2.36. The van der Waals surface area contributed by atoms with Crippen molar-refractivity contribution in [1.82, 2.24) is 0 Å². The van der Waals surface area contributed by atoms with E-state index in [-0.39, 0.29) is 0 Å². The predicted octanol–water partition coefficient (Wildman–Crippen LogP) is 6.30. The first-order valence-corrected chi connectivity index (χ1v) is 14.2. The van der Waals surface area contributed by atoms with E-state index in [1.165, 1.54) is 6.08 Å². The van der Waals surface area contributed by atoms with Crippen molar-refractivity contribution < 1.29 is 47.6 Å². The van der Waals surface area contributed by atoms with Gasteiger partial charge in [-0.15, -0.1) is 0 Å². The Morgan fingerprint density at radius 1 is 0.674 bits per heavy atom. The summed E-state index contributed by atoms with van der Waals surface area (Å²) in [6.45, 7) is 10.5. The van der Waals surface area contributed by atoms with E-state index in [2.05, 4.69) is 13.2 Å². The minimum atomic E-state index is -0.430. The summed E-state index contributed by atoms with van der Waals surface area (Å²) in [5, 5.41) is 0. The second-order valence-electron chi connectivity index (χ2n) is 8.85. The average Bonchev–Trinajstić information content (AvgIpc) is 3.11. The van der Waals surface area contributed by atoms with Gasteiger partial charge in [-0.1, -0.05) is 13.2 Å². The molecule has 0 fully saturated rings. The van der Waals surface area contributed by atoms with Crippen molar-refractivity contribution in [3.63, 3.8) is 0 Å². The summed E-state index contributed by atoms with van der Waals surface area (Å²) < 4.78 is 30.6. The van der Waals surface area contributed by atoms with E-state index in [9.17, 15) is 14.4 Å². The minimum absolute atomic E-state index is 0.303. The van der Waals surface area contributed by atoms with Crippen molar-refractivity contribution in [2.45, 2.75) is 19.8 Å². The summed E-state index contributed by atoms with van der Waals surface area (Å²) in [5.74, 6) is 2.80. The molecule has 0 aromatic heterocycles. The second kappa shape index (κ2) is 27.3. The van der Waals surface area contributed by atoms with Gasteiger partial charge < -0.3 is 28.4 Å². The number of aryl methyl sites for hydroxylation is 1. The molecule has 10 nitrogen and oxygen atoms in total. The lowest BCUT2D eigenvalue weighted by Crippen LogP contribution is -2.06. The first-order valence-electron chi connectivity index (χ1n) is 14.2. The van der Waals surface area contributed by atoms with Gasteiger partial charge in [-0.3, -0.25) is 14.4 Å². The Hall–Kier alpha value is -5.22. The molecule has 0 amide bonds. The topological polar surface area (TPSA) is 124 Å². The molecule has 0 aliphatic heterocycles. The van der Waals surface area contributed by atoms with Gasteiger partial charge in [-0.05, 0) is 85.3 Å². The maximum Gasteiger partial charge on any atom is 0.330 e. The van der Waals surface area contributed by atoms with Crippen LogP contribution in [0.3, 0.4) is 0 Å². The smallest absolute Gasteiger partial charge is 0.330 e. The molecule has 46 heavy (non-hydrogen) atoms. The molecule has 0 aliphatic rings. The lowest BCUT2D eigenvalue weighted by molar-refractivity contribution is -0.137. The summed E-state index contributed by atoms with van der Waals surface area (Å²) in [6, 6.07) is 19.6. The summed E-state index contributed by atoms with van der Waals surface area (Å²) in [7, 11) is 4.98. The Balaban J connectivity index is 0.000000634. The van der Waals surface area contributed by atoms with Gasteiger partial charge in [0, 0.05) is 43.8 Å². The van der Waals surface area contributed by atoms with E-state index in [0.717, 1.165) is 47.9 Å². The van der Waals surface area contributed by atoms with E-state index < -0.39 is 5.97 Å². The zero-order valence-corrected chi connectivity index (χ0v) is 27.0. The maximum absolute atomic E-state index is 10.7. The molecule has 0 aliphatic carbocycles. The monoisotopic (exact) mass is 636 g/mol. The molecule has 0 radical (unpaired) electrons. The van der Waals surface area contributed by atoms with Crippen LogP contribution in [0.5, 0.6) is 23.0 Å². The fourth-order valence-corrected chi connectivity index (χ4v) is 3.14. The fraction of sp³-hybridized carbons (Fsp3) is 0.278. The number of rotatable bonds is 16. The van der Waals surface area contributed by atoms with Gasteiger partial charge in [-0.2, -0.15) is 0 Å². The molecule has 3 rings (SSSR count). The van der Waals surface area contributed by atoms with Crippen LogP contribution in [0.25, 0.3) is 0 Å². The molecule has 3 aromatic carbocycles. The number of hydrogen-bond acceptors (Lipinski definition) is 10. The molecule has 248 valence electrons. The van der Waals surface area contributed by atoms with Crippen LogP contribution in [0, 0.1) is 6.92 Å². The van der Waals surface area contributed by atoms with Gasteiger partial charge in [0.2, 0.25) is 0 Å². The van der Waals surface area contributed by atoms with Gasteiger partial charge in [0.15, 0.2) is 0 Å². The predicted molar refractivity (Wildman–Crippen MR) is 177 cm³/mol. The Kier molecular flexibility index (Phi) is 24.2. The third-order valence-corrected chi connectivity index (χ3v) is 5.46. The molecule has 0 heterocycles. The summed E-state index contributed by atoms with van der Waals surface area (Å²) >= 11 is 0. The molecule has 0 spiro atoms. The maximum atomic E-state index is 10.7. The molecule has 0 saturated heterocycles. The lowest BCUT2D eigenvalue weighted by atomic mass is 10.2. The summed E-state index contributed by atoms with van der Waals surface area (Å²) in [4.78, 5) is 40.5. The van der Waals surface area contributed by atoms with Crippen LogP contribution in [-0.2, 0) is 19.1 Å². The SMILES string of the molecule is C=CC(=O)OCCCOc1ccc(C=O)cc1.C=CC=O.COCCCOc1ccc(C=O)cc1.COc1ccc(OC)c(C)c1. The molecular weight excluding hydrogens is 592 g/mol. The van der Waals surface area contributed by atoms with Gasteiger partial charge in [0.1, 0.15) is 41.9 Å². The van der Waals surface area contributed by atoms with E-state index in [0.29, 0.717) is 56.0 Å². The molecule has 10 heteroatoms. The quantitative estimate of drug-likeness (QED) is 0.0766. The molecule has 0 unspecified atom stereocenters. The van der Waals surface area contributed by atoms with Crippen LogP contribution in [0.15, 0.2) is 92.0 Å². The molecule has 3 aromatic rings. The van der Waals surface area contributed by atoms with Gasteiger partial charge in [0.25, 0.3) is 0 Å². The number of ether oxygens (including phenoxy) is 6. The van der Waals surface area contributed by atoms with Crippen LogP contribution in [0.2, 0.25) is 0 Å². The Morgan fingerprint density at radius 3 is 1.52 bits per heavy atom.